The van der Waals surface area contributed by atoms with Gasteiger partial charge in [0.1, 0.15) is 0 Å². The van der Waals surface area contributed by atoms with E-state index in [9.17, 15) is 21.6 Å². The van der Waals surface area contributed by atoms with Crippen LogP contribution in [0.3, 0.4) is 0 Å². The number of hydrogen-bond donors (Lipinski definition) is 3. The van der Waals surface area contributed by atoms with E-state index in [1.165, 1.54) is 0 Å². The molecule has 142 valence electrons. The highest BCUT2D eigenvalue weighted by Crippen LogP contribution is 2.28. The van der Waals surface area contributed by atoms with Crippen LogP contribution in [-0.2, 0) is 16.6 Å². The highest BCUT2D eigenvalue weighted by atomic mass is 32.2. The number of rotatable bonds is 5. The fourth-order valence-corrected chi connectivity index (χ4v) is 3.42. The zero-order valence-corrected chi connectivity index (χ0v) is 14.5. The van der Waals surface area contributed by atoms with E-state index in [0.717, 1.165) is 5.69 Å². The van der Waals surface area contributed by atoms with Gasteiger partial charge < -0.3 is 10.6 Å². The summed E-state index contributed by atoms with van der Waals surface area (Å²) in [6, 6.07) is 1.63. The van der Waals surface area contributed by atoms with Crippen molar-refractivity contribution in [1.82, 2.24) is 25.1 Å². The van der Waals surface area contributed by atoms with Crippen molar-refractivity contribution < 1.29 is 21.6 Å². The van der Waals surface area contributed by atoms with E-state index in [0.29, 0.717) is 23.4 Å². The Kier molecular flexibility index (Phi) is 6.27. The van der Waals surface area contributed by atoms with Gasteiger partial charge >= 0.3 is 15.5 Å². The maximum absolute atomic E-state index is 12.6. The molecule has 0 unspecified atom stereocenters. The van der Waals surface area contributed by atoms with E-state index < -0.39 is 15.5 Å². The number of sulfonamides is 1. The lowest BCUT2D eigenvalue weighted by Crippen LogP contribution is -2.51. The van der Waals surface area contributed by atoms with Crippen molar-refractivity contribution in [2.24, 2.45) is 4.99 Å². The van der Waals surface area contributed by atoms with Crippen LogP contribution in [0.25, 0.3) is 0 Å². The summed E-state index contributed by atoms with van der Waals surface area (Å²) < 4.78 is 61.0. The van der Waals surface area contributed by atoms with Gasteiger partial charge in [-0.3, -0.25) is 5.10 Å². The largest absolute Gasteiger partial charge is 0.511 e. The molecule has 2 heterocycles. The molecule has 1 saturated heterocycles. The molecule has 0 spiro atoms. The summed E-state index contributed by atoms with van der Waals surface area (Å²) >= 11 is 0. The van der Waals surface area contributed by atoms with Crippen molar-refractivity contribution in [3.8, 4) is 0 Å². The van der Waals surface area contributed by atoms with Crippen LogP contribution in [0, 0.1) is 0 Å². The van der Waals surface area contributed by atoms with Crippen LogP contribution in [-0.4, -0.2) is 60.1 Å². The van der Waals surface area contributed by atoms with Gasteiger partial charge in [-0.15, -0.1) is 0 Å². The standard InChI is InChI=1S/C13H21F3N6O2S/c1-2-17-12(18-9-11-3-6-19-21-11)20-10-4-7-22(8-5-10)25(23,24)13(14,15)16/h3,6,10H,2,4-5,7-9H2,1H3,(H,19,21)(H2,17,18,20). The van der Waals surface area contributed by atoms with Gasteiger partial charge in [-0.05, 0) is 25.8 Å². The summed E-state index contributed by atoms with van der Waals surface area (Å²) in [6.07, 6.45) is 2.15. The Morgan fingerprint density at radius 1 is 1.44 bits per heavy atom. The van der Waals surface area contributed by atoms with Crippen molar-refractivity contribution in [3.63, 3.8) is 0 Å². The first-order valence-corrected chi connectivity index (χ1v) is 9.27. The van der Waals surface area contributed by atoms with Gasteiger partial charge in [0.2, 0.25) is 0 Å². The van der Waals surface area contributed by atoms with Gasteiger partial charge in [0.25, 0.3) is 0 Å². The predicted octanol–water partition coefficient (Wildman–Crippen LogP) is 0.779. The normalized spacial score (nSPS) is 18.3. The molecule has 8 nitrogen and oxygen atoms in total. The summed E-state index contributed by atoms with van der Waals surface area (Å²) in [5.74, 6) is 0.522. The molecule has 1 aliphatic heterocycles. The third-order valence-electron chi connectivity index (χ3n) is 3.74. The smallest absolute Gasteiger partial charge is 0.357 e. The zero-order chi connectivity index (χ0) is 18.5. The SMILES string of the molecule is CCNC(=NCc1ccn[nH]1)NC1CCN(S(=O)(=O)C(F)(F)F)CC1. The molecule has 0 aromatic carbocycles. The van der Waals surface area contributed by atoms with E-state index in [2.05, 4.69) is 25.8 Å². The Balaban J connectivity index is 1.91. The minimum Gasteiger partial charge on any atom is -0.357 e. The number of piperidine rings is 1. The lowest BCUT2D eigenvalue weighted by Gasteiger charge is -2.32. The average Bonchev–Trinajstić information content (AvgIpc) is 3.06. The molecular formula is C13H21F3N6O2S. The second-order valence-corrected chi connectivity index (χ2v) is 7.47. The number of aliphatic imine (C=N–C) groups is 1. The monoisotopic (exact) mass is 382 g/mol. The zero-order valence-electron chi connectivity index (χ0n) is 13.7. The molecule has 2 rings (SSSR count). The fraction of sp³-hybridized carbons (Fsp3) is 0.692. The lowest BCUT2D eigenvalue weighted by molar-refractivity contribution is -0.0494. The topological polar surface area (TPSA) is 102 Å². The van der Waals surface area contributed by atoms with E-state index in [4.69, 9.17) is 0 Å². The van der Waals surface area contributed by atoms with Crippen LogP contribution < -0.4 is 10.6 Å². The van der Waals surface area contributed by atoms with E-state index in [1.54, 1.807) is 12.3 Å². The van der Waals surface area contributed by atoms with Crippen molar-refractivity contribution in [2.75, 3.05) is 19.6 Å². The fourth-order valence-electron chi connectivity index (χ4n) is 2.44. The van der Waals surface area contributed by atoms with Crippen LogP contribution in [0.4, 0.5) is 13.2 Å². The van der Waals surface area contributed by atoms with Crippen LogP contribution in [0.5, 0.6) is 0 Å². The summed E-state index contributed by atoms with van der Waals surface area (Å²) in [6.45, 7) is 2.53. The highest BCUT2D eigenvalue weighted by molar-refractivity contribution is 7.90. The maximum Gasteiger partial charge on any atom is 0.511 e. The molecule has 0 amide bonds. The summed E-state index contributed by atoms with van der Waals surface area (Å²) in [5.41, 5.74) is -4.43. The number of aromatic nitrogens is 2. The number of nitrogens with one attached hydrogen (secondary N) is 3. The molecule has 1 fully saturated rings. The lowest BCUT2D eigenvalue weighted by atomic mass is 10.1. The van der Waals surface area contributed by atoms with Gasteiger partial charge in [0.05, 0.1) is 12.2 Å². The van der Waals surface area contributed by atoms with Gasteiger partial charge in [-0.25, -0.2) is 13.4 Å². The first-order chi connectivity index (χ1) is 11.7. The van der Waals surface area contributed by atoms with Crippen LogP contribution in [0.15, 0.2) is 17.3 Å². The minimum absolute atomic E-state index is 0.153. The molecule has 1 aromatic heterocycles. The van der Waals surface area contributed by atoms with E-state index in [-0.39, 0.29) is 32.0 Å². The number of nitrogens with zero attached hydrogens (tertiary/aromatic N) is 3. The van der Waals surface area contributed by atoms with Gasteiger partial charge in [-0.1, -0.05) is 0 Å². The summed E-state index contributed by atoms with van der Waals surface area (Å²) in [7, 11) is -5.25. The molecule has 12 heteroatoms. The Morgan fingerprint density at radius 2 is 2.12 bits per heavy atom. The molecule has 25 heavy (non-hydrogen) atoms. The van der Waals surface area contributed by atoms with Gasteiger partial charge in [-0.2, -0.15) is 22.6 Å². The Hall–Kier alpha value is -1.82. The van der Waals surface area contributed by atoms with Gasteiger partial charge in [0.15, 0.2) is 5.96 Å². The molecule has 0 aliphatic carbocycles. The number of aromatic amines is 1. The number of guanidine groups is 1. The summed E-state index contributed by atoms with van der Waals surface area (Å²) in [4.78, 5) is 4.37. The van der Waals surface area contributed by atoms with Crippen molar-refractivity contribution in [3.05, 3.63) is 18.0 Å². The van der Waals surface area contributed by atoms with E-state index in [1.807, 2.05) is 6.92 Å². The quantitative estimate of drug-likeness (QED) is 0.516. The number of hydrogen-bond acceptors (Lipinski definition) is 4. The number of H-pyrrole nitrogens is 1. The van der Waals surface area contributed by atoms with Crippen LogP contribution in [0.1, 0.15) is 25.5 Å². The Bertz CT molecular complexity index is 666. The van der Waals surface area contributed by atoms with Gasteiger partial charge in [0, 0.05) is 31.9 Å². The highest BCUT2D eigenvalue weighted by Gasteiger charge is 2.50. The average molecular weight is 382 g/mol. The van der Waals surface area contributed by atoms with Crippen molar-refractivity contribution >= 4 is 16.0 Å². The second kappa shape index (κ2) is 8.04. The molecule has 0 bridgehead atoms. The van der Waals surface area contributed by atoms with Crippen molar-refractivity contribution in [2.45, 2.75) is 37.9 Å². The molecular weight excluding hydrogens is 361 g/mol. The first kappa shape index (κ1) is 19.5. The molecule has 0 atom stereocenters. The predicted molar refractivity (Wildman–Crippen MR) is 86.1 cm³/mol. The first-order valence-electron chi connectivity index (χ1n) is 7.83. The third-order valence-corrected chi connectivity index (χ3v) is 5.37. The molecule has 3 N–H and O–H groups in total. The Labute approximate surface area is 143 Å². The maximum atomic E-state index is 12.6. The second-order valence-electron chi connectivity index (χ2n) is 5.55. The van der Waals surface area contributed by atoms with Crippen LogP contribution >= 0.6 is 0 Å². The molecule has 0 radical (unpaired) electrons. The van der Waals surface area contributed by atoms with Crippen LogP contribution in [0.2, 0.25) is 0 Å². The van der Waals surface area contributed by atoms with Crippen molar-refractivity contribution in [1.29, 1.82) is 0 Å². The number of alkyl halides is 3. The minimum atomic E-state index is -5.26. The molecule has 0 saturated carbocycles. The third kappa shape index (κ3) is 5.08. The molecule has 1 aliphatic rings. The number of halogens is 3. The molecule has 1 aromatic rings. The Morgan fingerprint density at radius 3 is 2.64 bits per heavy atom. The summed E-state index contributed by atoms with van der Waals surface area (Å²) in [5, 5.41) is 12.8. The van der Waals surface area contributed by atoms with E-state index >= 15 is 0 Å².